The van der Waals surface area contributed by atoms with Crippen molar-refractivity contribution >= 4 is 5.91 Å². The zero-order valence-electron chi connectivity index (χ0n) is 15.9. The summed E-state index contributed by atoms with van der Waals surface area (Å²) in [6, 6.07) is 6.06. The van der Waals surface area contributed by atoms with E-state index in [2.05, 4.69) is 9.97 Å². The average Bonchev–Trinajstić information content (AvgIpc) is 3.05. The standard InChI is InChI=1S/C20H26N4O3/c1-15-5-8-21-19(22-15)26-10-6-16-7-11-27-20(12-16)13-24(14-20)18(25)17-4-3-9-23(17)2/h3-5,8-9,16H,6-7,10-14H2,1-2H3/t16-/m0/s1. The number of nitrogens with zero attached hydrogens (tertiary/aromatic N) is 4. The van der Waals surface area contributed by atoms with Crippen LogP contribution in [-0.2, 0) is 11.8 Å². The van der Waals surface area contributed by atoms with E-state index in [1.807, 2.05) is 47.8 Å². The molecule has 2 fully saturated rings. The van der Waals surface area contributed by atoms with Gasteiger partial charge >= 0.3 is 6.01 Å². The van der Waals surface area contributed by atoms with Gasteiger partial charge in [-0.1, -0.05) is 0 Å². The molecule has 0 saturated carbocycles. The van der Waals surface area contributed by atoms with Crippen molar-refractivity contribution in [3.63, 3.8) is 0 Å². The Morgan fingerprint density at radius 2 is 2.26 bits per heavy atom. The van der Waals surface area contributed by atoms with Crippen LogP contribution in [0, 0.1) is 12.8 Å². The zero-order chi connectivity index (χ0) is 18.9. The summed E-state index contributed by atoms with van der Waals surface area (Å²) in [6.07, 6.45) is 6.57. The van der Waals surface area contributed by atoms with Gasteiger partial charge in [0.1, 0.15) is 11.3 Å². The van der Waals surface area contributed by atoms with E-state index in [1.54, 1.807) is 6.20 Å². The van der Waals surface area contributed by atoms with E-state index in [1.165, 1.54) is 0 Å². The van der Waals surface area contributed by atoms with E-state index in [0.717, 1.165) is 37.3 Å². The van der Waals surface area contributed by atoms with Gasteiger partial charge in [0.25, 0.3) is 5.91 Å². The van der Waals surface area contributed by atoms with Crippen LogP contribution in [0.3, 0.4) is 0 Å². The molecule has 2 saturated heterocycles. The van der Waals surface area contributed by atoms with Gasteiger partial charge in [-0.05, 0) is 50.3 Å². The van der Waals surface area contributed by atoms with Crippen molar-refractivity contribution < 1.29 is 14.3 Å². The van der Waals surface area contributed by atoms with Crippen LogP contribution in [0.5, 0.6) is 6.01 Å². The third-order valence-electron chi connectivity index (χ3n) is 5.53. The second-order valence-electron chi connectivity index (χ2n) is 7.67. The van der Waals surface area contributed by atoms with Gasteiger partial charge in [0.15, 0.2) is 0 Å². The van der Waals surface area contributed by atoms with E-state index in [0.29, 0.717) is 31.6 Å². The number of carbonyl (C=O) groups excluding carboxylic acids is 1. The van der Waals surface area contributed by atoms with Gasteiger partial charge in [-0.15, -0.1) is 0 Å². The highest BCUT2D eigenvalue weighted by Gasteiger charge is 2.49. The van der Waals surface area contributed by atoms with Crippen molar-refractivity contribution in [2.24, 2.45) is 13.0 Å². The van der Waals surface area contributed by atoms with Crippen LogP contribution in [0.25, 0.3) is 0 Å². The van der Waals surface area contributed by atoms with E-state index in [9.17, 15) is 4.79 Å². The zero-order valence-corrected chi connectivity index (χ0v) is 15.9. The van der Waals surface area contributed by atoms with Crippen molar-refractivity contribution in [1.82, 2.24) is 19.4 Å². The Kier molecular flexibility index (Phi) is 4.86. The molecule has 4 rings (SSSR count). The third kappa shape index (κ3) is 3.83. The Labute approximate surface area is 159 Å². The number of amides is 1. The van der Waals surface area contributed by atoms with Gasteiger partial charge in [0, 0.05) is 31.7 Å². The quantitative estimate of drug-likeness (QED) is 0.807. The minimum absolute atomic E-state index is 0.0822. The van der Waals surface area contributed by atoms with Crippen molar-refractivity contribution in [1.29, 1.82) is 0 Å². The molecule has 2 aliphatic rings. The Morgan fingerprint density at radius 3 is 3.00 bits per heavy atom. The number of hydrogen-bond donors (Lipinski definition) is 0. The Balaban J connectivity index is 1.26. The lowest BCUT2D eigenvalue weighted by Gasteiger charge is -2.53. The SMILES string of the molecule is Cc1ccnc(OCC[C@H]2CCOC3(C2)CN(C(=O)c2cccn2C)C3)n1. The van der Waals surface area contributed by atoms with Crippen molar-refractivity contribution in [3.05, 3.63) is 42.0 Å². The molecule has 144 valence electrons. The maximum absolute atomic E-state index is 12.6. The molecule has 1 amide bonds. The molecular weight excluding hydrogens is 344 g/mol. The molecule has 0 radical (unpaired) electrons. The van der Waals surface area contributed by atoms with Crippen LogP contribution in [0.4, 0.5) is 0 Å². The molecule has 0 bridgehead atoms. The predicted octanol–water partition coefficient (Wildman–Crippen LogP) is 2.21. The maximum Gasteiger partial charge on any atom is 0.316 e. The van der Waals surface area contributed by atoms with Crippen LogP contribution in [0.15, 0.2) is 30.6 Å². The Hall–Kier alpha value is -2.41. The summed E-state index contributed by atoms with van der Waals surface area (Å²) >= 11 is 0. The fourth-order valence-electron chi connectivity index (χ4n) is 4.05. The third-order valence-corrected chi connectivity index (χ3v) is 5.53. The average molecular weight is 370 g/mol. The first-order chi connectivity index (χ1) is 13.0. The number of hydrogen-bond acceptors (Lipinski definition) is 5. The molecule has 4 heterocycles. The Bertz CT molecular complexity index is 813. The molecular formula is C20H26N4O3. The summed E-state index contributed by atoms with van der Waals surface area (Å²) < 4.78 is 13.6. The molecule has 0 N–H and O–H groups in total. The summed E-state index contributed by atoms with van der Waals surface area (Å²) in [4.78, 5) is 22.9. The number of likely N-dealkylation sites (tertiary alicyclic amines) is 1. The Morgan fingerprint density at radius 1 is 1.41 bits per heavy atom. The molecule has 7 nitrogen and oxygen atoms in total. The predicted molar refractivity (Wildman–Crippen MR) is 99.6 cm³/mol. The van der Waals surface area contributed by atoms with E-state index >= 15 is 0 Å². The number of aryl methyl sites for hydroxylation is 2. The number of carbonyl (C=O) groups is 1. The van der Waals surface area contributed by atoms with Crippen LogP contribution in [0.1, 0.15) is 35.4 Å². The second-order valence-corrected chi connectivity index (χ2v) is 7.67. The van der Waals surface area contributed by atoms with Crippen LogP contribution in [-0.4, -0.2) is 57.2 Å². The lowest BCUT2D eigenvalue weighted by atomic mass is 9.79. The highest BCUT2D eigenvalue weighted by atomic mass is 16.5. The number of aromatic nitrogens is 3. The van der Waals surface area contributed by atoms with Crippen molar-refractivity contribution in [2.75, 3.05) is 26.3 Å². The molecule has 2 aromatic heterocycles. The van der Waals surface area contributed by atoms with Crippen LogP contribution < -0.4 is 4.74 Å². The molecule has 27 heavy (non-hydrogen) atoms. The molecule has 1 atom stereocenters. The second kappa shape index (κ2) is 7.31. The normalized spacial score (nSPS) is 21.1. The first-order valence-electron chi connectivity index (χ1n) is 9.52. The van der Waals surface area contributed by atoms with E-state index < -0.39 is 0 Å². The summed E-state index contributed by atoms with van der Waals surface area (Å²) in [5.74, 6) is 0.620. The van der Waals surface area contributed by atoms with Gasteiger partial charge in [0.05, 0.1) is 19.7 Å². The number of rotatable bonds is 5. The van der Waals surface area contributed by atoms with Crippen molar-refractivity contribution in [2.45, 2.75) is 31.8 Å². The molecule has 0 aliphatic carbocycles. The molecule has 7 heteroatoms. The lowest BCUT2D eigenvalue weighted by Crippen LogP contribution is -2.66. The highest BCUT2D eigenvalue weighted by molar-refractivity contribution is 5.93. The lowest BCUT2D eigenvalue weighted by molar-refractivity contribution is -0.167. The highest BCUT2D eigenvalue weighted by Crippen LogP contribution is 2.38. The van der Waals surface area contributed by atoms with E-state index in [-0.39, 0.29) is 11.5 Å². The fourth-order valence-corrected chi connectivity index (χ4v) is 4.05. The van der Waals surface area contributed by atoms with Gasteiger partial charge in [-0.25, -0.2) is 9.97 Å². The van der Waals surface area contributed by atoms with Gasteiger partial charge in [0.2, 0.25) is 0 Å². The molecule has 0 unspecified atom stereocenters. The minimum atomic E-state index is -0.177. The smallest absolute Gasteiger partial charge is 0.316 e. The van der Waals surface area contributed by atoms with Crippen molar-refractivity contribution in [3.8, 4) is 6.01 Å². The topological polar surface area (TPSA) is 69.5 Å². The summed E-state index contributed by atoms with van der Waals surface area (Å²) in [6.45, 7) is 4.63. The van der Waals surface area contributed by atoms with E-state index in [4.69, 9.17) is 9.47 Å². The van der Waals surface area contributed by atoms with Gasteiger partial charge in [-0.3, -0.25) is 4.79 Å². The van der Waals surface area contributed by atoms with Crippen LogP contribution >= 0.6 is 0 Å². The minimum Gasteiger partial charge on any atom is -0.463 e. The molecule has 1 spiro atoms. The summed E-state index contributed by atoms with van der Waals surface area (Å²) in [5.41, 5.74) is 1.45. The fraction of sp³-hybridized carbons (Fsp3) is 0.550. The molecule has 2 aromatic rings. The first kappa shape index (κ1) is 18.0. The number of ether oxygens (including phenoxy) is 2. The maximum atomic E-state index is 12.6. The first-order valence-corrected chi connectivity index (χ1v) is 9.52. The van der Waals surface area contributed by atoms with Crippen LogP contribution in [0.2, 0.25) is 0 Å². The van der Waals surface area contributed by atoms with Gasteiger partial charge < -0.3 is 18.9 Å². The monoisotopic (exact) mass is 370 g/mol. The largest absolute Gasteiger partial charge is 0.463 e. The van der Waals surface area contributed by atoms with Gasteiger partial charge in [-0.2, -0.15) is 0 Å². The summed E-state index contributed by atoms with van der Waals surface area (Å²) in [5, 5.41) is 0. The summed E-state index contributed by atoms with van der Waals surface area (Å²) in [7, 11) is 1.90. The molecule has 2 aliphatic heterocycles. The molecule has 0 aromatic carbocycles.